The molecule has 1 aromatic heterocycles. The summed E-state index contributed by atoms with van der Waals surface area (Å²) in [5.41, 5.74) is 6.87. The largest absolute Gasteiger partial charge is 0.462 e. The number of thiophene rings is 1. The summed E-state index contributed by atoms with van der Waals surface area (Å²) in [4.78, 5) is 13.9. The number of ether oxygens (including phenoxy) is 1. The van der Waals surface area contributed by atoms with E-state index in [2.05, 4.69) is 0 Å². The molecule has 20 heavy (non-hydrogen) atoms. The molecule has 2 rings (SSSR count). The highest BCUT2D eigenvalue weighted by Crippen LogP contribution is 2.36. The third-order valence-electron chi connectivity index (χ3n) is 3.05. The number of nitrogens with two attached hydrogens (primary N) is 1. The van der Waals surface area contributed by atoms with Gasteiger partial charge in [0, 0.05) is 18.0 Å². The Kier molecular flexibility index (Phi) is 4.24. The summed E-state index contributed by atoms with van der Waals surface area (Å²) in [6.07, 6.45) is -3.84. The van der Waals surface area contributed by atoms with Crippen molar-refractivity contribution >= 4 is 22.3 Å². The summed E-state index contributed by atoms with van der Waals surface area (Å²) in [7, 11) is 0. The van der Waals surface area contributed by atoms with Crippen molar-refractivity contribution in [1.29, 1.82) is 0 Å². The number of rotatable bonds is 3. The summed E-state index contributed by atoms with van der Waals surface area (Å²) < 4.78 is 42.1. The SMILES string of the molecule is CCOC(=O)c1c(N)sc2c1CCN(CC(F)(F)F)C2. The first-order valence-electron chi connectivity index (χ1n) is 6.18. The molecule has 0 aliphatic carbocycles. The van der Waals surface area contributed by atoms with Gasteiger partial charge in [-0.05, 0) is 18.9 Å². The number of carbonyl (C=O) groups is 1. The zero-order valence-corrected chi connectivity index (χ0v) is 11.7. The van der Waals surface area contributed by atoms with Crippen LogP contribution in [-0.4, -0.2) is 36.7 Å². The Morgan fingerprint density at radius 2 is 2.20 bits per heavy atom. The van der Waals surface area contributed by atoms with Crippen LogP contribution in [0.5, 0.6) is 0 Å². The maximum atomic E-state index is 12.4. The molecular formula is C12H15F3N2O2S. The fraction of sp³-hybridized carbons (Fsp3) is 0.583. The Labute approximate surface area is 118 Å². The summed E-state index contributed by atoms with van der Waals surface area (Å²) in [6, 6.07) is 0. The smallest absolute Gasteiger partial charge is 0.401 e. The lowest BCUT2D eigenvalue weighted by atomic mass is 10.0. The number of nitrogen functional groups attached to an aromatic ring is 1. The summed E-state index contributed by atoms with van der Waals surface area (Å²) in [6.45, 7) is 1.41. The van der Waals surface area contributed by atoms with E-state index in [0.29, 0.717) is 17.0 Å². The van der Waals surface area contributed by atoms with Crippen LogP contribution in [0.25, 0.3) is 0 Å². The van der Waals surface area contributed by atoms with Crippen molar-refractivity contribution in [3.8, 4) is 0 Å². The van der Waals surface area contributed by atoms with Gasteiger partial charge in [0.05, 0.1) is 18.7 Å². The van der Waals surface area contributed by atoms with Crippen molar-refractivity contribution in [3.05, 3.63) is 16.0 Å². The number of esters is 1. The minimum absolute atomic E-state index is 0.170. The first-order chi connectivity index (χ1) is 9.31. The van der Waals surface area contributed by atoms with Crippen LogP contribution in [-0.2, 0) is 17.7 Å². The van der Waals surface area contributed by atoms with E-state index in [1.807, 2.05) is 0 Å². The van der Waals surface area contributed by atoms with Gasteiger partial charge in [-0.1, -0.05) is 0 Å². The second-order valence-corrected chi connectivity index (χ2v) is 5.68. The van der Waals surface area contributed by atoms with Crippen LogP contribution in [0.4, 0.5) is 18.2 Å². The molecule has 0 bridgehead atoms. The van der Waals surface area contributed by atoms with E-state index in [0.717, 1.165) is 10.4 Å². The number of hydrogen-bond acceptors (Lipinski definition) is 5. The topological polar surface area (TPSA) is 55.6 Å². The number of anilines is 1. The Morgan fingerprint density at radius 3 is 2.80 bits per heavy atom. The average Bonchev–Trinajstić information content (AvgIpc) is 2.62. The summed E-state index contributed by atoms with van der Waals surface area (Å²) in [5.74, 6) is -0.494. The molecule has 0 atom stereocenters. The molecular weight excluding hydrogens is 293 g/mol. The van der Waals surface area contributed by atoms with Gasteiger partial charge >= 0.3 is 12.1 Å². The molecule has 0 saturated carbocycles. The second-order valence-electron chi connectivity index (χ2n) is 4.54. The molecule has 0 amide bonds. The van der Waals surface area contributed by atoms with Gasteiger partial charge in [-0.3, -0.25) is 4.90 Å². The van der Waals surface area contributed by atoms with Crippen LogP contribution in [0.15, 0.2) is 0 Å². The van der Waals surface area contributed by atoms with Gasteiger partial charge in [0.2, 0.25) is 0 Å². The van der Waals surface area contributed by atoms with E-state index >= 15 is 0 Å². The number of fused-ring (bicyclic) bond motifs is 1. The average molecular weight is 308 g/mol. The Hall–Kier alpha value is -1.28. The highest BCUT2D eigenvalue weighted by molar-refractivity contribution is 7.16. The molecule has 0 aromatic carbocycles. The van der Waals surface area contributed by atoms with Crippen molar-refractivity contribution in [2.24, 2.45) is 0 Å². The number of halogens is 3. The van der Waals surface area contributed by atoms with Crippen molar-refractivity contribution in [1.82, 2.24) is 4.90 Å². The number of hydrogen-bond donors (Lipinski definition) is 1. The van der Waals surface area contributed by atoms with Gasteiger partial charge in [0.1, 0.15) is 5.00 Å². The fourth-order valence-corrected chi connectivity index (χ4v) is 3.44. The van der Waals surface area contributed by atoms with Crippen LogP contribution in [0, 0.1) is 0 Å². The Balaban J connectivity index is 2.19. The fourth-order valence-electron chi connectivity index (χ4n) is 2.29. The minimum atomic E-state index is -4.22. The molecule has 2 N–H and O–H groups in total. The van der Waals surface area contributed by atoms with E-state index in [-0.39, 0.29) is 19.7 Å². The van der Waals surface area contributed by atoms with Crippen molar-refractivity contribution in [2.75, 3.05) is 25.4 Å². The van der Waals surface area contributed by atoms with E-state index in [4.69, 9.17) is 10.5 Å². The van der Waals surface area contributed by atoms with Crippen LogP contribution in [0.3, 0.4) is 0 Å². The molecule has 1 aliphatic rings. The van der Waals surface area contributed by atoms with Crippen molar-refractivity contribution < 1.29 is 22.7 Å². The zero-order valence-electron chi connectivity index (χ0n) is 10.9. The summed E-state index contributed by atoms with van der Waals surface area (Å²) in [5, 5.41) is 0.322. The van der Waals surface area contributed by atoms with Crippen molar-refractivity contribution in [2.45, 2.75) is 26.1 Å². The lowest BCUT2D eigenvalue weighted by molar-refractivity contribution is -0.147. The molecule has 112 valence electrons. The molecule has 2 heterocycles. The van der Waals surface area contributed by atoms with E-state index < -0.39 is 18.7 Å². The van der Waals surface area contributed by atoms with Gasteiger partial charge in [0.15, 0.2) is 0 Å². The third-order valence-corrected chi connectivity index (χ3v) is 4.09. The monoisotopic (exact) mass is 308 g/mol. The van der Waals surface area contributed by atoms with Gasteiger partial charge in [-0.2, -0.15) is 13.2 Å². The Morgan fingerprint density at radius 1 is 1.50 bits per heavy atom. The maximum Gasteiger partial charge on any atom is 0.401 e. The normalized spacial score (nSPS) is 16.0. The van der Waals surface area contributed by atoms with Gasteiger partial charge < -0.3 is 10.5 Å². The van der Waals surface area contributed by atoms with E-state index in [9.17, 15) is 18.0 Å². The van der Waals surface area contributed by atoms with E-state index in [1.54, 1.807) is 6.92 Å². The van der Waals surface area contributed by atoms with Gasteiger partial charge in [0.25, 0.3) is 0 Å². The zero-order chi connectivity index (χ0) is 14.9. The highest BCUT2D eigenvalue weighted by Gasteiger charge is 2.34. The molecule has 0 unspecified atom stereocenters. The molecule has 0 radical (unpaired) electrons. The Bertz CT molecular complexity index is 514. The molecule has 1 aromatic rings. The highest BCUT2D eigenvalue weighted by atomic mass is 32.1. The van der Waals surface area contributed by atoms with Crippen LogP contribution >= 0.6 is 11.3 Å². The molecule has 0 fully saturated rings. The third kappa shape index (κ3) is 3.24. The maximum absolute atomic E-state index is 12.4. The predicted octanol–water partition coefficient (Wildman–Crippen LogP) is 2.43. The summed E-state index contributed by atoms with van der Waals surface area (Å²) >= 11 is 1.17. The lowest BCUT2D eigenvalue weighted by Crippen LogP contribution is -2.37. The number of nitrogens with zero attached hydrogens (tertiary/aromatic N) is 1. The quantitative estimate of drug-likeness (QED) is 0.871. The molecule has 0 saturated heterocycles. The second kappa shape index (κ2) is 5.61. The van der Waals surface area contributed by atoms with Gasteiger partial charge in [-0.25, -0.2) is 4.79 Å². The van der Waals surface area contributed by atoms with Crippen molar-refractivity contribution in [3.63, 3.8) is 0 Å². The van der Waals surface area contributed by atoms with Gasteiger partial charge in [-0.15, -0.1) is 11.3 Å². The molecule has 1 aliphatic heterocycles. The standard InChI is InChI=1S/C12H15F3N2O2S/c1-2-19-11(18)9-7-3-4-17(6-12(13,14)15)5-8(7)20-10(9)16/h2-6,16H2,1H3. The molecule has 4 nitrogen and oxygen atoms in total. The van der Waals surface area contributed by atoms with Crippen LogP contribution < -0.4 is 5.73 Å². The number of alkyl halides is 3. The number of carbonyl (C=O) groups excluding carboxylic acids is 1. The van der Waals surface area contributed by atoms with Crippen LogP contribution in [0.1, 0.15) is 27.7 Å². The first kappa shape index (κ1) is 15.1. The molecule has 8 heteroatoms. The van der Waals surface area contributed by atoms with Crippen LogP contribution in [0.2, 0.25) is 0 Å². The molecule has 0 spiro atoms. The predicted molar refractivity (Wildman–Crippen MR) is 69.7 cm³/mol. The first-order valence-corrected chi connectivity index (χ1v) is 6.99. The lowest BCUT2D eigenvalue weighted by Gasteiger charge is -2.27. The minimum Gasteiger partial charge on any atom is -0.462 e. The van der Waals surface area contributed by atoms with E-state index in [1.165, 1.54) is 16.2 Å².